The quantitative estimate of drug-likeness (QED) is 0.470. The monoisotopic (exact) mass is 488 g/mol. The zero-order valence-corrected chi connectivity index (χ0v) is 20.7. The van der Waals surface area contributed by atoms with Crippen molar-refractivity contribution in [3.63, 3.8) is 0 Å². The molecule has 3 rings (SSSR count). The second kappa shape index (κ2) is 12.5. The predicted molar refractivity (Wildman–Crippen MR) is 129 cm³/mol. The molecule has 8 heteroatoms. The van der Waals surface area contributed by atoms with Crippen molar-refractivity contribution in [3.05, 3.63) is 59.2 Å². The molecule has 1 aliphatic heterocycles. The van der Waals surface area contributed by atoms with Crippen LogP contribution in [0.2, 0.25) is 0 Å². The van der Waals surface area contributed by atoms with E-state index in [-0.39, 0.29) is 17.4 Å². The highest BCUT2D eigenvalue weighted by Crippen LogP contribution is 2.29. The zero-order chi connectivity index (χ0) is 25.4. The molecule has 0 radical (unpaired) electrons. The molecule has 35 heavy (non-hydrogen) atoms. The number of methoxy groups -OCH3 is 1. The average molecular weight is 489 g/mol. The summed E-state index contributed by atoms with van der Waals surface area (Å²) in [5, 5.41) is 0. The summed E-state index contributed by atoms with van der Waals surface area (Å²) in [4.78, 5) is 29.4. The summed E-state index contributed by atoms with van der Waals surface area (Å²) in [6.45, 7) is 6.45. The summed E-state index contributed by atoms with van der Waals surface area (Å²) in [6, 6.07) is 8.68. The minimum atomic E-state index is -0.871. The summed E-state index contributed by atoms with van der Waals surface area (Å²) in [5.74, 6) is -0.907. The van der Waals surface area contributed by atoms with Crippen molar-refractivity contribution in [1.82, 2.24) is 9.80 Å². The average Bonchev–Trinajstić information content (AvgIpc) is 2.87. The fourth-order valence-electron chi connectivity index (χ4n) is 4.32. The van der Waals surface area contributed by atoms with Gasteiger partial charge in [0.15, 0.2) is 11.5 Å². The van der Waals surface area contributed by atoms with Crippen LogP contribution < -0.4 is 9.47 Å². The van der Waals surface area contributed by atoms with Crippen molar-refractivity contribution in [3.8, 4) is 11.5 Å². The van der Waals surface area contributed by atoms with Gasteiger partial charge < -0.3 is 19.3 Å². The Morgan fingerprint density at radius 1 is 1.03 bits per heavy atom. The molecule has 1 fully saturated rings. The van der Waals surface area contributed by atoms with E-state index >= 15 is 0 Å². The van der Waals surface area contributed by atoms with E-state index in [4.69, 9.17) is 9.47 Å². The van der Waals surface area contributed by atoms with Gasteiger partial charge >= 0.3 is 0 Å². The number of likely N-dealkylation sites (tertiary alicyclic amines) is 1. The fraction of sp³-hybridized carbons (Fsp3) is 0.481. The highest BCUT2D eigenvalue weighted by atomic mass is 19.1. The summed E-state index contributed by atoms with van der Waals surface area (Å²) in [6.07, 6.45) is 2.72. The number of rotatable bonds is 10. The lowest BCUT2D eigenvalue weighted by atomic mass is 9.94. The molecule has 1 saturated heterocycles. The molecule has 0 saturated carbocycles. The molecule has 2 aromatic rings. The number of piperidine rings is 1. The van der Waals surface area contributed by atoms with Crippen molar-refractivity contribution in [2.45, 2.75) is 46.1 Å². The molecular formula is C27H34F2N2O4. The Morgan fingerprint density at radius 2 is 1.77 bits per heavy atom. The summed E-state index contributed by atoms with van der Waals surface area (Å²) in [5.41, 5.74) is 0.802. The van der Waals surface area contributed by atoms with Gasteiger partial charge in [-0.05, 0) is 55.5 Å². The molecule has 0 aromatic heterocycles. The number of nitrogens with zero attached hydrogens (tertiary/aromatic N) is 2. The second-order valence-corrected chi connectivity index (χ2v) is 8.78. The van der Waals surface area contributed by atoms with Crippen LogP contribution in [0.4, 0.5) is 8.78 Å². The number of ether oxygens (including phenoxy) is 2. The van der Waals surface area contributed by atoms with Crippen molar-refractivity contribution in [2.75, 3.05) is 33.4 Å². The highest BCUT2D eigenvalue weighted by Gasteiger charge is 2.31. The maximum Gasteiger partial charge on any atom is 0.256 e. The number of benzene rings is 2. The third-order valence-electron chi connectivity index (χ3n) is 6.16. The SMILES string of the molecule is CCCOc1ccc(CN(CCC)C(=O)C2CCN(C(=O)c3ccc(F)cc3F)CC2)cc1OC. The largest absolute Gasteiger partial charge is 0.493 e. The van der Waals surface area contributed by atoms with Crippen LogP contribution in [0.3, 0.4) is 0 Å². The molecule has 6 nitrogen and oxygen atoms in total. The van der Waals surface area contributed by atoms with E-state index in [2.05, 4.69) is 0 Å². The summed E-state index contributed by atoms with van der Waals surface area (Å²) < 4.78 is 38.4. The van der Waals surface area contributed by atoms with Crippen LogP contribution in [0.5, 0.6) is 11.5 Å². The Balaban J connectivity index is 1.63. The van der Waals surface area contributed by atoms with Gasteiger partial charge in [0.05, 0.1) is 19.3 Å². The van der Waals surface area contributed by atoms with Crippen LogP contribution in [-0.4, -0.2) is 55.0 Å². The molecule has 2 amide bonds. The van der Waals surface area contributed by atoms with E-state index in [1.54, 1.807) is 7.11 Å². The number of hydrogen-bond donors (Lipinski definition) is 0. The second-order valence-electron chi connectivity index (χ2n) is 8.78. The zero-order valence-electron chi connectivity index (χ0n) is 20.7. The lowest BCUT2D eigenvalue weighted by molar-refractivity contribution is -0.137. The Hall–Kier alpha value is -3.16. The van der Waals surface area contributed by atoms with Gasteiger partial charge in [-0.3, -0.25) is 9.59 Å². The molecular weight excluding hydrogens is 454 g/mol. The topological polar surface area (TPSA) is 59.1 Å². The smallest absolute Gasteiger partial charge is 0.256 e. The standard InChI is InChI=1S/C27H34F2N2O4/c1-4-12-31(18-19-6-9-24(35-15-5-2)25(16-19)34-3)26(32)20-10-13-30(14-11-20)27(33)22-8-7-21(28)17-23(22)29/h6-9,16-17,20H,4-5,10-15,18H2,1-3H3. The van der Waals surface area contributed by atoms with Gasteiger partial charge in [-0.25, -0.2) is 8.78 Å². The Morgan fingerprint density at radius 3 is 2.40 bits per heavy atom. The number of halogens is 2. The third kappa shape index (κ3) is 6.71. The number of hydrogen-bond acceptors (Lipinski definition) is 4. The van der Waals surface area contributed by atoms with E-state index in [0.717, 1.165) is 24.5 Å². The van der Waals surface area contributed by atoms with E-state index in [9.17, 15) is 18.4 Å². The number of amides is 2. The molecule has 0 N–H and O–H groups in total. The van der Waals surface area contributed by atoms with Crippen LogP contribution in [0.25, 0.3) is 0 Å². The van der Waals surface area contributed by atoms with Crippen LogP contribution in [0.1, 0.15) is 55.5 Å². The molecule has 0 spiro atoms. The lowest BCUT2D eigenvalue weighted by Crippen LogP contribution is -2.44. The first-order valence-electron chi connectivity index (χ1n) is 12.2. The van der Waals surface area contributed by atoms with Crippen LogP contribution >= 0.6 is 0 Å². The van der Waals surface area contributed by atoms with Gasteiger partial charge in [0.2, 0.25) is 5.91 Å². The summed E-state index contributed by atoms with van der Waals surface area (Å²) in [7, 11) is 1.60. The van der Waals surface area contributed by atoms with E-state index < -0.39 is 17.5 Å². The minimum absolute atomic E-state index is 0.0530. The molecule has 1 heterocycles. The van der Waals surface area contributed by atoms with Gasteiger partial charge in [-0.15, -0.1) is 0 Å². The first-order valence-corrected chi connectivity index (χ1v) is 12.2. The molecule has 190 valence electrons. The van der Waals surface area contributed by atoms with Gasteiger partial charge in [-0.1, -0.05) is 19.9 Å². The van der Waals surface area contributed by atoms with Gasteiger partial charge in [0.1, 0.15) is 11.6 Å². The van der Waals surface area contributed by atoms with E-state index in [1.165, 1.54) is 11.0 Å². The first-order chi connectivity index (χ1) is 16.9. The highest BCUT2D eigenvalue weighted by molar-refractivity contribution is 5.94. The van der Waals surface area contributed by atoms with E-state index in [1.807, 2.05) is 36.9 Å². The number of carbonyl (C=O) groups is 2. The van der Waals surface area contributed by atoms with Crippen LogP contribution in [0, 0.1) is 17.6 Å². The molecule has 1 aliphatic rings. The fourth-order valence-corrected chi connectivity index (χ4v) is 4.32. The minimum Gasteiger partial charge on any atom is -0.493 e. The Labute approximate surface area is 205 Å². The Bertz CT molecular complexity index is 1020. The van der Waals surface area contributed by atoms with E-state index in [0.29, 0.717) is 63.2 Å². The first kappa shape index (κ1) is 26.4. The van der Waals surface area contributed by atoms with Crippen molar-refractivity contribution in [2.24, 2.45) is 5.92 Å². The predicted octanol–water partition coefficient (Wildman–Crippen LogP) is 5.05. The van der Waals surface area contributed by atoms with Gasteiger partial charge in [0.25, 0.3) is 5.91 Å². The molecule has 0 bridgehead atoms. The van der Waals surface area contributed by atoms with Gasteiger partial charge in [0, 0.05) is 38.2 Å². The maximum absolute atomic E-state index is 14.0. The molecule has 2 aromatic carbocycles. The molecule has 0 atom stereocenters. The molecule has 0 aliphatic carbocycles. The van der Waals surface area contributed by atoms with Crippen molar-refractivity contribution in [1.29, 1.82) is 0 Å². The van der Waals surface area contributed by atoms with Crippen molar-refractivity contribution >= 4 is 11.8 Å². The third-order valence-corrected chi connectivity index (χ3v) is 6.16. The van der Waals surface area contributed by atoms with Crippen LogP contribution in [-0.2, 0) is 11.3 Å². The maximum atomic E-state index is 14.0. The van der Waals surface area contributed by atoms with Gasteiger partial charge in [-0.2, -0.15) is 0 Å². The Kier molecular flexibility index (Phi) is 9.46. The lowest BCUT2D eigenvalue weighted by Gasteiger charge is -2.34. The molecule has 0 unspecified atom stereocenters. The van der Waals surface area contributed by atoms with Crippen LogP contribution in [0.15, 0.2) is 36.4 Å². The van der Waals surface area contributed by atoms with Crippen molar-refractivity contribution < 1.29 is 27.8 Å². The summed E-state index contributed by atoms with van der Waals surface area (Å²) >= 11 is 0. The number of carbonyl (C=O) groups excluding carboxylic acids is 2. The normalized spacial score (nSPS) is 14.0.